The summed E-state index contributed by atoms with van der Waals surface area (Å²) in [6.45, 7) is 13.6. The first-order valence-electron chi connectivity index (χ1n) is 11.1. The fourth-order valence-corrected chi connectivity index (χ4v) is 21.9. The van der Waals surface area contributed by atoms with Crippen LogP contribution in [-0.4, -0.2) is 23.5 Å². The molecule has 0 amide bonds. The molecule has 0 aromatic heterocycles. The average Bonchev–Trinajstić information content (AvgIpc) is 2.62. The van der Waals surface area contributed by atoms with Crippen LogP contribution in [0.5, 0.6) is 0 Å². The van der Waals surface area contributed by atoms with Crippen molar-refractivity contribution in [3.63, 3.8) is 0 Å². The Morgan fingerprint density at radius 2 is 1.30 bits per heavy atom. The molecule has 0 spiro atoms. The maximum atomic E-state index is 13.0. The van der Waals surface area contributed by atoms with Crippen LogP contribution in [0.15, 0.2) is 29.2 Å². The molecule has 0 aliphatic carbocycles. The number of benzene rings is 1. The van der Waals surface area contributed by atoms with E-state index in [4.69, 9.17) is 0 Å². The molecule has 0 N–H and O–H groups in total. The first kappa shape index (κ1) is 25.1. The molecule has 0 unspecified atom stereocenters. The molecule has 0 aliphatic rings. The summed E-state index contributed by atoms with van der Waals surface area (Å²) in [5.41, 5.74) is 1.50. The first-order chi connectivity index (χ1) is 12.8. The predicted octanol–water partition coefficient (Wildman–Crippen LogP) is 8.45. The molecule has 0 radical (unpaired) electrons. The maximum absolute atomic E-state index is 13.0. The third kappa shape index (κ3) is 9.39. The summed E-state index contributed by atoms with van der Waals surface area (Å²) in [7, 11) is 0. The molecule has 1 nitrogen and oxygen atoms in total. The predicted molar refractivity (Wildman–Crippen MR) is 126 cm³/mol. The summed E-state index contributed by atoms with van der Waals surface area (Å²) in [5.74, 6) is 0. The molecule has 0 fully saturated rings. The van der Waals surface area contributed by atoms with Crippen molar-refractivity contribution in [3.05, 3.63) is 29.8 Å². The molecule has 154 valence electrons. The topological polar surface area (TPSA) is 17.1 Å². The van der Waals surface area contributed by atoms with Crippen LogP contribution >= 0.6 is 11.8 Å². The molecule has 0 heterocycles. The van der Waals surface area contributed by atoms with Crippen molar-refractivity contribution < 1.29 is 4.79 Å². The Kier molecular flexibility index (Phi) is 11.7. The Bertz CT molecular complexity index is 523. The number of unbranched alkanes of at least 4 members (excludes halogenated alkanes) is 3. The van der Waals surface area contributed by atoms with Gasteiger partial charge in [-0.3, -0.25) is 0 Å². The van der Waals surface area contributed by atoms with Crippen molar-refractivity contribution in [2.75, 3.05) is 0 Å². The molecule has 0 aliphatic heterocycles. The number of carbonyl (C=O) groups is 1. The van der Waals surface area contributed by atoms with Gasteiger partial charge in [-0.1, -0.05) is 0 Å². The van der Waals surface area contributed by atoms with Crippen molar-refractivity contribution in [2.24, 2.45) is 0 Å². The molecule has 0 atom stereocenters. The molecular weight excluding hydrogens is 455 g/mol. The van der Waals surface area contributed by atoms with Gasteiger partial charge in [0.25, 0.3) is 0 Å². The average molecular weight is 497 g/mol. The Hall–Kier alpha value is 0.0387. The molecule has 1 aromatic carbocycles. The molecule has 1 rings (SSSR count). The minimum atomic E-state index is -2.36. The van der Waals surface area contributed by atoms with Crippen LogP contribution < -0.4 is 0 Å². The van der Waals surface area contributed by atoms with E-state index in [1.54, 1.807) is 0 Å². The summed E-state index contributed by atoms with van der Waals surface area (Å²) in [5, 5.41) is 0.442. The van der Waals surface area contributed by atoms with Gasteiger partial charge in [-0.05, 0) is 0 Å². The van der Waals surface area contributed by atoms with Crippen molar-refractivity contribution >= 4 is 35.3 Å². The van der Waals surface area contributed by atoms with Gasteiger partial charge in [0.2, 0.25) is 0 Å². The Morgan fingerprint density at radius 1 is 0.852 bits per heavy atom. The third-order valence-electron chi connectivity index (χ3n) is 5.65. The molecule has 1 aromatic rings. The molecule has 0 bridgehead atoms. The zero-order valence-electron chi connectivity index (χ0n) is 18.7. The Labute approximate surface area is 177 Å². The van der Waals surface area contributed by atoms with Crippen LogP contribution in [0.1, 0.15) is 85.6 Å². The molecule has 3 heteroatoms. The quantitative estimate of drug-likeness (QED) is 0.213. The van der Waals surface area contributed by atoms with Crippen molar-refractivity contribution in [1.29, 1.82) is 0 Å². The van der Waals surface area contributed by atoms with Gasteiger partial charge in [0.1, 0.15) is 0 Å². The second kappa shape index (κ2) is 12.6. The first-order valence-corrected chi connectivity index (χ1v) is 20.0. The van der Waals surface area contributed by atoms with E-state index < -0.39 is 18.4 Å². The number of rotatable bonds is 12. The minimum absolute atomic E-state index is 0.166. The Morgan fingerprint density at radius 3 is 1.67 bits per heavy atom. The van der Waals surface area contributed by atoms with E-state index in [1.165, 1.54) is 69.2 Å². The van der Waals surface area contributed by atoms with Crippen LogP contribution in [0.4, 0.5) is 0 Å². The molecule has 27 heavy (non-hydrogen) atoms. The van der Waals surface area contributed by atoms with Crippen molar-refractivity contribution in [1.82, 2.24) is 0 Å². The molecule has 0 saturated heterocycles. The van der Waals surface area contributed by atoms with E-state index in [0.717, 1.165) is 9.33 Å². The zero-order chi connectivity index (χ0) is 20.3. The number of hydrogen-bond donors (Lipinski definition) is 0. The van der Waals surface area contributed by atoms with E-state index >= 15 is 0 Å². The van der Waals surface area contributed by atoms with Crippen LogP contribution in [-0.2, 0) is 10.2 Å². The second-order valence-electron chi connectivity index (χ2n) is 9.24. The number of carbonyl (C=O) groups excluding carboxylic acids is 1. The summed E-state index contributed by atoms with van der Waals surface area (Å²) in [6.07, 6.45) is 7.82. The van der Waals surface area contributed by atoms with Crippen LogP contribution in [0.25, 0.3) is 0 Å². The van der Waals surface area contributed by atoms with E-state index in [0.29, 0.717) is 5.12 Å². The molecule has 0 saturated carbocycles. The summed E-state index contributed by atoms with van der Waals surface area (Å²) in [4.78, 5) is 14.1. The van der Waals surface area contributed by atoms with E-state index in [1.807, 2.05) is 0 Å². The number of thioether (sulfide) groups is 1. The van der Waals surface area contributed by atoms with Gasteiger partial charge in [-0.15, -0.1) is 0 Å². The van der Waals surface area contributed by atoms with Crippen LogP contribution in [0.2, 0.25) is 17.7 Å². The van der Waals surface area contributed by atoms with Gasteiger partial charge in [-0.25, -0.2) is 0 Å². The summed E-state index contributed by atoms with van der Waals surface area (Å²) < 4.78 is 5.20. The fourth-order valence-electron chi connectivity index (χ4n) is 3.79. The van der Waals surface area contributed by atoms with Crippen LogP contribution in [0.3, 0.4) is 0 Å². The van der Waals surface area contributed by atoms with E-state index in [-0.39, 0.29) is 5.41 Å². The SMILES string of the molecule is CCC[CH2][Sn]([CH2]CCC)([CH2]CCC)[CH2]C(=O)Sc1ccc(C(C)(C)C)cc1. The Balaban J connectivity index is 2.83. The van der Waals surface area contributed by atoms with Gasteiger partial charge < -0.3 is 0 Å². The summed E-state index contributed by atoms with van der Waals surface area (Å²) in [6, 6.07) is 8.67. The second-order valence-corrected chi connectivity index (χ2v) is 24.2. The monoisotopic (exact) mass is 498 g/mol. The summed E-state index contributed by atoms with van der Waals surface area (Å²) >= 11 is -0.856. The standard InChI is InChI=1S/C12H15OS.3C4H9.Sn/c1-9(13)14-11-7-5-10(6-8-11)12(2,3)4;3*1-3-4-2;/h5-8H,1H2,2-4H3;3*1,3-4H2,2H3;. The normalized spacial score (nSPS) is 12.4. The van der Waals surface area contributed by atoms with Crippen molar-refractivity contribution in [3.8, 4) is 0 Å². The molecular formula is C24H42OSSn. The van der Waals surface area contributed by atoms with E-state index in [9.17, 15) is 4.79 Å². The number of hydrogen-bond acceptors (Lipinski definition) is 2. The van der Waals surface area contributed by atoms with Gasteiger partial charge in [0.15, 0.2) is 0 Å². The van der Waals surface area contributed by atoms with Gasteiger partial charge in [0.05, 0.1) is 0 Å². The zero-order valence-corrected chi connectivity index (χ0v) is 22.4. The van der Waals surface area contributed by atoms with Gasteiger partial charge in [-0.2, -0.15) is 0 Å². The van der Waals surface area contributed by atoms with Crippen LogP contribution in [0, 0.1) is 0 Å². The van der Waals surface area contributed by atoms with E-state index in [2.05, 4.69) is 65.8 Å². The van der Waals surface area contributed by atoms with Gasteiger partial charge in [0, 0.05) is 0 Å². The van der Waals surface area contributed by atoms with Crippen molar-refractivity contribution in [2.45, 2.75) is 108 Å². The third-order valence-corrected chi connectivity index (χ3v) is 22.4. The fraction of sp³-hybridized carbons (Fsp3) is 0.708. The van der Waals surface area contributed by atoms with Gasteiger partial charge >= 0.3 is 178 Å².